The Morgan fingerprint density at radius 2 is 2.45 bits per heavy atom. The van der Waals surface area contributed by atoms with Gasteiger partial charge >= 0.3 is 5.63 Å². The molecule has 4 nitrogen and oxygen atoms in total. The Morgan fingerprint density at radius 1 is 1.73 bits per heavy atom. The van der Waals surface area contributed by atoms with E-state index in [1.165, 1.54) is 6.07 Å². The van der Waals surface area contributed by atoms with Gasteiger partial charge in [0.1, 0.15) is 5.78 Å². The number of carbonyl (C=O) groups excluding carboxylic acids is 1. The van der Waals surface area contributed by atoms with Crippen molar-refractivity contribution in [3.63, 3.8) is 0 Å². The molecule has 0 saturated heterocycles. The number of aromatic amines is 1. The van der Waals surface area contributed by atoms with Gasteiger partial charge in [0.05, 0.1) is 5.69 Å². The second-order valence-electron chi connectivity index (χ2n) is 2.26. The molecule has 60 valence electrons. The van der Waals surface area contributed by atoms with Gasteiger partial charge in [-0.05, 0) is 0 Å². The number of aromatic nitrogens is 1. The Labute approximate surface area is 63.2 Å². The van der Waals surface area contributed by atoms with Gasteiger partial charge < -0.3 is 4.52 Å². The average molecular weight is 155 g/mol. The molecule has 1 N–H and O–H groups in total. The third kappa shape index (κ3) is 2.07. The van der Waals surface area contributed by atoms with Gasteiger partial charge in [0.25, 0.3) is 0 Å². The number of Topliss-reactive ketones (excluding diaryl/α,β-unsaturated/α-hetero) is 1. The maximum Gasteiger partial charge on any atom is 0.357 e. The first-order valence-electron chi connectivity index (χ1n) is 3.41. The Balaban J connectivity index is 2.65. The zero-order valence-electron chi connectivity index (χ0n) is 6.22. The highest BCUT2D eigenvalue weighted by atomic mass is 16.5. The lowest BCUT2D eigenvalue weighted by molar-refractivity contribution is -0.118. The number of rotatable bonds is 3. The van der Waals surface area contributed by atoms with E-state index < -0.39 is 5.63 Å². The van der Waals surface area contributed by atoms with E-state index in [9.17, 15) is 9.59 Å². The van der Waals surface area contributed by atoms with E-state index >= 15 is 0 Å². The summed E-state index contributed by atoms with van der Waals surface area (Å²) in [5.74, 6) is 0.0852. The second kappa shape index (κ2) is 3.18. The number of hydrogen-bond acceptors (Lipinski definition) is 3. The highest BCUT2D eigenvalue weighted by Gasteiger charge is 2.03. The summed E-state index contributed by atoms with van der Waals surface area (Å²) >= 11 is 0. The van der Waals surface area contributed by atoms with Crippen molar-refractivity contribution in [3.8, 4) is 0 Å². The van der Waals surface area contributed by atoms with Crippen LogP contribution >= 0.6 is 0 Å². The molecule has 1 heterocycles. The van der Waals surface area contributed by atoms with Crippen molar-refractivity contribution in [1.82, 2.24) is 5.16 Å². The van der Waals surface area contributed by atoms with Crippen LogP contribution in [0.5, 0.6) is 0 Å². The quantitative estimate of drug-likeness (QED) is 0.690. The summed E-state index contributed by atoms with van der Waals surface area (Å²) in [5, 5.41) is 2.36. The van der Waals surface area contributed by atoms with Gasteiger partial charge in [-0.2, -0.15) is 0 Å². The standard InChI is InChI=1S/C7H9NO3/c1-2-6(9)3-5-4-7(10)11-8-5/h4,8H,2-3H2,1H3. The Morgan fingerprint density at radius 3 is 2.91 bits per heavy atom. The average Bonchev–Trinajstić information content (AvgIpc) is 2.35. The van der Waals surface area contributed by atoms with Crippen LogP contribution in [0.15, 0.2) is 15.4 Å². The minimum Gasteiger partial charge on any atom is -0.339 e. The van der Waals surface area contributed by atoms with Crippen LogP contribution in [-0.4, -0.2) is 10.9 Å². The second-order valence-corrected chi connectivity index (χ2v) is 2.26. The van der Waals surface area contributed by atoms with Crippen molar-refractivity contribution in [3.05, 3.63) is 22.2 Å². The molecular weight excluding hydrogens is 146 g/mol. The van der Waals surface area contributed by atoms with Crippen LogP contribution in [0.25, 0.3) is 0 Å². The van der Waals surface area contributed by atoms with Crippen LogP contribution in [0.1, 0.15) is 19.0 Å². The SMILES string of the molecule is CCC(=O)Cc1cc(=O)o[nH]1. The summed E-state index contributed by atoms with van der Waals surface area (Å²) in [7, 11) is 0. The third-order valence-electron chi connectivity index (χ3n) is 1.36. The zero-order valence-corrected chi connectivity index (χ0v) is 6.22. The van der Waals surface area contributed by atoms with Crippen molar-refractivity contribution in [2.45, 2.75) is 19.8 Å². The molecule has 0 atom stereocenters. The minimum atomic E-state index is -0.441. The molecule has 0 aliphatic carbocycles. The van der Waals surface area contributed by atoms with E-state index in [-0.39, 0.29) is 12.2 Å². The highest BCUT2D eigenvalue weighted by molar-refractivity contribution is 5.79. The van der Waals surface area contributed by atoms with Crippen LogP contribution in [0, 0.1) is 0 Å². The van der Waals surface area contributed by atoms with Gasteiger partial charge in [-0.15, -0.1) is 0 Å². The molecule has 0 radical (unpaired) electrons. The molecule has 11 heavy (non-hydrogen) atoms. The van der Waals surface area contributed by atoms with Gasteiger partial charge in [-0.25, -0.2) is 9.95 Å². The Bertz CT molecular complexity index is 297. The smallest absolute Gasteiger partial charge is 0.339 e. The summed E-state index contributed by atoms with van der Waals surface area (Å²) < 4.78 is 4.38. The van der Waals surface area contributed by atoms with Gasteiger partial charge in [-0.1, -0.05) is 6.92 Å². The lowest BCUT2D eigenvalue weighted by atomic mass is 10.2. The lowest BCUT2D eigenvalue weighted by Gasteiger charge is -1.89. The van der Waals surface area contributed by atoms with E-state index in [0.717, 1.165) is 0 Å². The van der Waals surface area contributed by atoms with E-state index in [4.69, 9.17) is 0 Å². The predicted octanol–water partition coefficient (Wildman–Crippen LogP) is 0.489. The molecule has 0 saturated carbocycles. The first kappa shape index (κ1) is 7.78. The number of ketones is 1. The fraction of sp³-hybridized carbons (Fsp3) is 0.429. The molecule has 0 aliphatic rings. The van der Waals surface area contributed by atoms with Crippen LogP contribution < -0.4 is 5.63 Å². The van der Waals surface area contributed by atoms with Crippen molar-refractivity contribution in [1.29, 1.82) is 0 Å². The fourth-order valence-corrected chi connectivity index (χ4v) is 0.742. The predicted molar refractivity (Wildman–Crippen MR) is 38.3 cm³/mol. The van der Waals surface area contributed by atoms with Crippen LogP contribution in [0.2, 0.25) is 0 Å². The molecule has 0 bridgehead atoms. The maximum absolute atomic E-state index is 10.8. The molecular formula is C7H9NO3. The molecule has 0 aliphatic heterocycles. The normalized spacial score (nSPS) is 9.91. The summed E-state index contributed by atoms with van der Waals surface area (Å²) in [6.07, 6.45) is 0.732. The molecule has 1 aromatic rings. The highest BCUT2D eigenvalue weighted by Crippen LogP contribution is 1.94. The number of H-pyrrole nitrogens is 1. The summed E-state index contributed by atoms with van der Waals surface area (Å²) in [6, 6.07) is 1.29. The van der Waals surface area contributed by atoms with Crippen LogP contribution in [0.3, 0.4) is 0 Å². The van der Waals surface area contributed by atoms with Crippen LogP contribution in [0.4, 0.5) is 0 Å². The minimum absolute atomic E-state index is 0.0852. The van der Waals surface area contributed by atoms with Crippen molar-refractivity contribution < 1.29 is 9.32 Å². The summed E-state index contributed by atoms with van der Waals surface area (Å²) in [6.45, 7) is 1.78. The third-order valence-corrected chi connectivity index (χ3v) is 1.36. The van der Waals surface area contributed by atoms with E-state index in [1.54, 1.807) is 6.92 Å². The summed E-state index contributed by atoms with van der Waals surface area (Å²) in [5.41, 5.74) is 0.103. The van der Waals surface area contributed by atoms with E-state index in [1.807, 2.05) is 0 Å². The van der Waals surface area contributed by atoms with Gasteiger partial charge in [0.2, 0.25) is 0 Å². The molecule has 4 heteroatoms. The largest absolute Gasteiger partial charge is 0.357 e. The monoisotopic (exact) mass is 155 g/mol. The van der Waals surface area contributed by atoms with Gasteiger partial charge in [0, 0.05) is 18.9 Å². The Hall–Kier alpha value is -1.32. The van der Waals surface area contributed by atoms with Crippen molar-refractivity contribution >= 4 is 5.78 Å². The van der Waals surface area contributed by atoms with Gasteiger partial charge in [0.15, 0.2) is 0 Å². The maximum atomic E-state index is 10.8. The topological polar surface area (TPSA) is 63.1 Å². The van der Waals surface area contributed by atoms with Crippen LogP contribution in [-0.2, 0) is 11.2 Å². The first-order valence-corrected chi connectivity index (χ1v) is 3.41. The number of hydrogen-bond donors (Lipinski definition) is 1. The van der Waals surface area contributed by atoms with E-state index in [2.05, 4.69) is 9.68 Å². The van der Waals surface area contributed by atoms with Crippen molar-refractivity contribution in [2.24, 2.45) is 0 Å². The first-order chi connectivity index (χ1) is 5.22. The summed E-state index contributed by atoms with van der Waals surface area (Å²) in [4.78, 5) is 21.3. The van der Waals surface area contributed by atoms with E-state index in [0.29, 0.717) is 12.1 Å². The molecule has 0 spiro atoms. The molecule has 0 aromatic carbocycles. The molecule has 1 aromatic heterocycles. The van der Waals surface area contributed by atoms with Crippen molar-refractivity contribution in [2.75, 3.05) is 0 Å². The number of nitrogens with one attached hydrogen (secondary N) is 1. The number of carbonyl (C=O) groups is 1. The fourth-order valence-electron chi connectivity index (χ4n) is 0.742. The molecule has 0 amide bonds. The Kier molecular flexibility index (Phi) is 2.25. The molecule has 1 rings (SSSR count). The zero-order chi connectivity index (χ0) is 8.27. The van der Waals surface area contributed by atoms with Gasteiger partial charge in [-0.3, -0.25) is 4.79 Å². The molecule has 0 unspecified atom stereocenters. The molecule has 0 fully saturated rings. The lowest BCUT2D eigenvalue weighted by Crippen LogP contribution is -2.00.